The summed E-state index contributed by atoms with van der Waals surface area (Å²) in [5.41, 5.74) is -0.535. The van der Waals surface area contributed by atoms with E-state index in [2.05, 4.69) is 13.8 Å². The van der Waals surface area contributed by atoms with Crippen LogP contribution in [0.15, 0.2) is 0 Å². The van der Waals surface area contributed by atoms with E-state index in [4.69, 9.17) is 0 Å². The molecule has 0 amide bonds. The molecule has 0 bridgehead atoms. The van der Waals surface area contributed by atoms with Crippen molar-refractivity contribution < 1.29 is 9.59 Å². The lowest BCUT2D eigenvalue weighted by Gasteiger charge is -2.37. The maximum atomic E-state index is 12.0. The molecule has 0 aromatic heterocycles. The minimum absolute atomic E-state index is 0.234. The van der Waals surface area contributed by atoms with Crippen LogP contribution in [0.1, 0.15) is 52.4 Å². The van der Waals surface area contributed by atoms with E-state index in [0.29, 0.717) is 24.7 Å². The molecule has 0 saturated heterocycles. The van der Waals surface area contributed by atoms with Gasteiger partial charge in [-0.25, -0.2) is 0 Å². The molecule has 2 saturated carbocycles. The van der Waals surface area contributed by atoms with Crippen LogP contribution in [-0.2, 0) is 9.59 Å². The maximum absolute atomic E-state index is 12.0. The van der Waals surface area contributed by atoms with Crippen LogP contribution in [0.2, 0.25) is 0 Å². The molecule has 2 rings (SSSR count). The third kappa shape index (κ3) is 1.64. The van der Waals surface area contributed by atoms with Gasteiger partial charge in [-0.2, -0.15) is 0 Å². The average Bonchev–Trinajstić information content (AvgIpc) is 2.54. The molecule has 1 spiro atoms. The Morgan fingerprint density at radius 3 is 2.40 bits per heavy atom. The normalized spacial score (nSPS) is 36.9. The first-order chi connectivity index (χ1) is 7.06. The Hall–Kier alpha value is -0.660. The monoisotopic (exact) mass is 208 g/mol. The number of carbonyl (C=O) groups is 2. The van der Waals surface area contributed by atoms with Crippen molar-refractivity contribution >= 4 is 11.6 Å². The highest BCUT2D eigenvalue weighted by Crippen LogP contribution is 2.47. The van der Waals surface area contributed by atoms with Crippen molar-refractivity contribution in [3.05, 3.63) is 0 Å². The van der Waals surface area contributed by atoms with Gasteiger partial charge in [0.05, 0.1) is 5.41 Å². The van der Waals surface area contributed by atoms with E-state index in [-0.39, 0.29) is 11.6 Å². The number of hydrogen-bond donors (Lipinski definition) is 0. The van der Waals surface area contributed by atoms with E-state index in [1.54, 1.807) is 0 Å². The summed E-state index contributed by atoms with van der Waals surface area (Å²) in [7, 11) is 0. The van der Waals surface area contributed by atoms with Crippen LogP contribution in [0.4, 0.5) is 0 Å². The summed E-state index contributed by atoms with van der Waals surface area (Å²) in [6.07, 6.45) is 4.85. The summed E-state index contributed by atoms with van der Waals surface area (Å²) in [5, 5.41) is 0. The van der Waals surface area contributed by atoms with Gasteiger partial charge in [0.15, 0.2) is 0 Å². The van der Waals surface area contributed by atoms with Crippen LogP contribution in [0.3, 0.4) is 0 Å². The van der Waals surface area contributed by atoms with E-state index in [1.807, 2.05) is 0 Å². The van der Waals surface area contributed by atoms with Gasteiger partial charge >= 0.3 is 0 Å². The molecule has 0 N–H and O–H groups in total. The van der Waals surface area contributed by atoms with Crippen LogP contribution >= 0.6 is 0 Å². The summed E-state index contributed by atoms with van der Waals surface area (Å²) < 4.78 is 0. The highest BCUT2D eigenvalue weighted by Gasteiger charge is 2.51. The highest BCUT2D eigenvalue weighted by atomic mass is 16.2. The fourth-order valence-electron chi connectivity index (χ4n) is 3.23. The standard InChI is InChI=1S/C13H20O2/c1-9(2)10-5-6-12(15)13(8-10)7-3-4-11(13)14/h9-10H,3-8H2,1-2H3/t10-,13-/m0/s1. The van der Waals surface area contributed by atoms with Crippen molar-refractivity contribution in [3.8, 4) is 0 Å². The number of ketones is 2. The molecular weight excluding hydrogens is 188 g/mol. The first kappa shape index (κ1) is 10.8. The lowest BCUT2D eigenvalue weighted by atomic mass is 9.64. The second kappa shape index (κ2) is 3.73. The van der Waals surface area contributed by atoms with Crippen LogP contribution in [-0.4, -0.2) is 11.6 Å². The Morgan fingerprint density at radius 1 is 1.20 bits per heavy atom. The van der Waals surface area contributed by atoms with E-state index >= 15 is 0 Å². The molecule has 84 valence electrons. The molecular formula is C13H20O2. The van der Waals surface area contributed by atoms with Crippen molar-refractivity contribution in [1.82, 2.24) is 0 Å². The zero-order valence-corrected chi connectivity index (χ0v) is 9.71. The molecule has 0 aliphatic heterocycles. The van der Waals surface area contributed by atoms with Crippen molar-refractivity contribution in [2.75, 3.05) is 0 Å². The SMILES string of the molecule is CC(C)[C@H]1CCC(=O)[C@@]2(CCCC2=O)C1. The van der Waals surface area contributed by atoms with Gasteiger partial charge in [0.25, 0.3) is 0 Å². The smallest absolute Gasteiger partial charge is 0.146 e. The van der Waals surface area contributed by atoms with E-state index < -0.39 is 5.41 Å². The van der Waals surface area contributed by atoms with Crippen molar-refractivity contribution in [3.63, 3.8) is 0 Å². The first-order valence-corrected chi connectivity index (χ1v) is 6.13. The zero-order chi connectivity index (χ0) is 11.1. The largest absolute Gasteiger partial charge is 0.299 e. The Morgan fingerprint density at radius 2 is 1.87 bits per heavy atom. The van der Waals surface area contributed by atoms with E-state index in [1.165, 1.54) is 0 Å². The number of hydrogen-bond acceptors (Lipinski definition) is 2. The number of rotatable bonds is 1. The van der Waals surface area contributed by atoms with Crippen molar-refractivity contribution in [2.45, 2.75) is 52.4 Å². The third-order valence-corrected chi connectivity index (χ3v) is 4.37. The second-order valence-electron chi connectivity index (χ2n) is 5.53. The van der Waals surface area contributed by atoms with Gasteiger partial charge in [-0.15, -0.1) is 0 Å². The predicted molar refractivity (Wildman–Crippen MR) is 58.5 cm³/mol. The Kier molecular flexibility index (Phi) is 2.70. The Bertz CT molecular complexity index is 293. The average molecular weight is 208 g/mol. The fourth-order valence-corrected chi connectivity index (χ4v) is 3.23. The van der Waals surface area contributed by atoms with Gasteiger partial charge < -0.3 is 0 Å². The molecule has 0 aromatic carbocycles. The minimum atomic E-state index is -0.535. The number of carbonyl (C=O) groups excluding carboxylic acids is 2. The molecule has 2 fully saturated rings. The van der Waals surface area contributed by atoms with Crippen molar-refractivity contribution in [1.29, 1.82) is 0 Å². The Balaban J connectivity index is 2.22. The lowest BCUT2D eigenvalue weighted by Crippen LogP contribution is -2.42. The van der Waals surface area contributed by atoms with Gasteiger partial charge in [-0.3, -0.25) is 9.59 Å². The summed E-state index contributed by atoms with van der Waals surface area (Å²) in [4.78, 5) is 23.9. The quantitative estimate of drug-likeness (QED) is 0.621. The highest BCUT2D eigenvalue weighted by molar-refractivity contribution is 6.08. The molecule has 0 aromatic rings. The molecule has 2 aliphatic carbocycles. The lowest BCUT2D eigenvalue weighted by molar-refractivity contribution is -0.142. The molecule has 2 aliphatic rings. The molecule has 15 heavy (non-hydrogen) atoms. The fraction of sp³-hybridized carbons (Fsp3) is 0.846. The maximum Gasteiger partial charge on any atom is 0.146 e. The van der Waals surface area contributed by atoms with E-state index in [0.717, 1.165) is 25.7 Å². The van der Waals surface area contributed by atoms with Gasteiger partial charge in [-0.1, -0.05) is 13.8 Å². The third-order valence-electron chi connectivity index (χ3n) is 4.37. The molecule has 2 nitrogen and oxygen atoms in total. The van der Waals surface area contributed by atoms with Crippen LogP contribution < -0.4 is 0 Å². The second-order valence-corrected chi connectivity index (χ2v) is 5.53. The van der Waals surface area contributed by atoms with E-state index in [9.17, 15) is 9.59 Å². The predicted octanol–water partition coefficient (Wildman–Crippen LogP) is 2.75. The number of Topliss-reactive ketones (excluding diaryl/α,β-unsaturated/α-hetero) is 2. The van der Waals surface area contributed by atoms with Crippen LogP contribution in [0, 0.1) is 17.3 Å². The van der Waals surface area contributed by atoms with Gasteiger partial charge in [0.1, 0.15) is 11.6 Å². The molecule has 2 atom stereocenters. The van der Waals surface area contributed by atoms with Crippen LogP contribution in [0.25, 0.3) is 0 Å². The molecule has 0 heterocycles. The Labute approximate surface area is 91.4 Å². The molecule has 0 unspecified atom stereocenters. The topological polar surface area (TPSA) is 34.1 Å². The zero-order valence-electron chi connectivity index (χ0n) is 9.71. The minimum Gasteiger partial charge on any atom is -0.299 e. The molecule has 0 radical (unpaired) electrons. The van der Waals surface area contributed by atoms with Gasteiger partial charge in [0.2, 0.25) is 0 Å². The first-order valence-electron chi connectivity index (χ1n) is 6.13. The van der Waals surface area contributed by atoms with Gasteiger partial charge in [-0.05, 0) is 37.5 Å². The summed E-state index contributed by atoms with van der Waals surface area (Å²) in [6, 6.07) is 0. The summed E-state index contributed by atoms with van der Waals surface area (Å²) >= 11 is 0. The van der Waals surface area contributed by atoms with Gasteiger partial charge in [0, 0.05) is 12.8 Å². The van der Waals surface area contributed by atoms with Crippen molar-refractivity contribution in [2.24, 2.45) is 17.3 Å². The van der Waals surface area contributed by atoms with Crippen LogP contribution in [0.5, 0.6) is 0 Å². The molecule has 2 heteroatoms. The summed E-state index contributed by atoms with van der Waals surface area (Å²) in [6.45, 7) is 4.40. The summed E-state index contributed by atoms with van der Waals surface area (Å²) in [5.74, 6) is 1.65.